The van der Waals surface area contributed by atoms with E-state index in [0.717, 1.165) is 11.4 Å². The molecule has 0 bridgehead atoms. The number of nitrogens with one attached hydrogen (secondary N) is 2. The van der Waals surface area contributed by atoms with Crippen LogP contribution in [0, 0.1) is 11.5 Å². The Bertz CT molecular complexity index is 1470. The van der Waals surface area contributed by atoms with Gasteiger partial charge in [0.15, 0.2) is 5.75 Å². The van der Waals surface area contributed by atoms with Gasteiger partial charge in [0.2, 0.25) is 18.1 Å². The third-order valence-electron chi connectivity index (χ3n) is 6.64. The Balaban J connectivity index is 1.76. The number of guanidine groups is 1. The maximum atomic E-state index is 13.5. The van der Waals surface area contributed by atoms with Crippen molar-refractivity contribution in [3.8, 4) is 11.9 Å². The molecule has 0 radical (unpaired) electrons. The maximum Gasteiger partial charge on any atom is 0.573 e. The highest BCUT2D eigenvalue weighted by Gasteiger charge is 2.40. The van der Waals surface area contributed by atoms with Gasteiger partial charge in [-0.1, -0.05) is 29.3 Å². The van der Waals surface area contributed by atoms with Crippen molar-refractivity contribution in [1.82, 2.24) is 15.2 Å². The number of nitriles is 1. The van der Waals surface area contributed by atoms with E-state index in [1.54, 1.807) is 13.0 Å². The van der Waals surface area contributed by atoms with E-state index in [1.807, 2.05) is 0 Å². The third kappa shape index (κ3) is 7.62. The van der Waals surface area contributed by atoms with Crippen LogP contribution in [0.5, 0.6) is 5.75 Å². The van der Waals surface area contributed by atoms with Gasteiger partial charge in [0.25, 0.3) is 0 Å². The first kappa shape index (κ1) is 32.2. The molecule has 1 saturated heterocycles. The third-order valence-corrected chi connectivity index (χ3v) is 7.38. The Labute approximate surface area is 251 Å². The topological polar surface area (TPSA) is 105 Å². The molecule has 9 nitrogen and oxygen atoms in total. The lowest BCUT2D eigenvalue weighted by Gasteiger charge is -2.31. The standard InChI is InChI=1S/C26H23Cl2F6N7O2/c1-2-40(23(42)18-4-3-9-36-18)20-12-41(39-22(20)14-5-7-16(27)17(28)10-14)24(37-13-35)38-19-11-15(25(29,30)31)6-8-21(19)43-26(32,33)34/h5-8,10-11,18,20,36H,2-4,9,12H2,1H3,(H,37,38)/t18-,20?/m1/s1. The lowest BCUT2D eigenvalue weighted by atomic mass is 10.0. The number of ether oxygens (including phenoxy) is 1. The lowest BCUT2D eigenvalue weighted by Crippen LogP contribution is -2.52. The average molecular weight is 650 g/mol. The second-order valence-electron chi connectivity index (χ2n) is 9.40. The molecule has 4 rings (SSSR count). The van der Waals surface area contributed by atoms with Gasteiger partial charge in [-0.2, -0.15) is 23.5 Å². The van der Waals surface area contributed by atoms with Crippen LogP contribution in [-0.2, 0) is 11.0 Å². The number of halogens is 8. The van der Waals surface area contributed by atoms with E-state index in [9.17, 15) is 36.4 Å². The van der Waals surface area contributed by atoms with Crippen molar-refractivity contribution in [1.29, 1.82) is 5.26 Å². The van der Waals surface area contributed by atoms with Crippen LogP contribution in [-0.4, -0.2) is 65.6 Å². The molecule has 2 N–H and O–H groups in total. The van der Waals surface area contributed by atoms with E-state index in [4.69, 9.17) is 23.2 Å². The Morgan fingerprint density at radius 1 is 1.21 bits per heavy atom. The summed E-state index contributed by atoms with van der Waals surface area (Å²) in [5.74, 6) is -1.75. The summed E-state index contributed by atoms with van der Waals surface area (Å²) < 4.78 is 83.5. The van der Waals surface area contributed by atoms with Gasteiger partial charge in [0.1, 0.15) is 0 Å². The zero-order valence-electron chi connectivity index (χ0n) is 22.2. The molecule has 2 heterocycles. The first-order valence-corrected chi connectivity index (χ1v) is 13.5. The number of anilines is 1. The molecule has 43 heavy (non-hydrogen) atoms. The number of alkyl halides is 6. The Morgan fingerprint density at radius 2 is 1.95 bits per heavy atom. The number of carbonyl (C=O) groups excluding carboxylic acids is 1. The van der Waals surface area contributed by atoms with E-state index in [0.29, 0.717) is 36.7 Å². The van der Waals surface area contributed by atoms with Crippen LogP contribution in [0.1, 0.15) is 30.9 Å². The maximum absolute atomic E-state index is 13.5. The zero-order valence-corrected chi connectivity index (χ0v) is 23.7. The van der Waals surface area contributed by atoms with Crippen LogP contribution in [0.15, 0.2) is 46.5 Å². The molecule has 230 valence electrons. The van der Waals surface area contributed by atoms with Gasteiger partial charge < -0.3 is 20.3 Å². The van der Waals surface area contributed by atoms with Crippen molar-refractivity contribution in [2.24, 2.45) is 10.1 Å². The number of aliphatic imine (C=N–C) groups is 1. The number of hydrogen-bond acceptors (Lipinski definition) is 6. The first-order chi connectivity index (χ1) is 20.2. The highest BCUT2D eigenvalue weighted by molar-refractivity contribution is 6.42. The predicted octanol–water partition coefficient (Wildman–Crippen LogP) is 5.85. The summed E-state index contributed by atoms with van der Waals surface area (Å²) in [6, 6.07) is 4.65. The van der Waals surface area contributed by atoms with Crippen molar-refractivity contribution in [3.05, 3.63) is 57.6 Å². The number of carbonyl (C=O) groups is 1. The van der Waals surface area contributed by atoms with Crippen molar-refractivity contribution in [2.75, 3.05) is 25.0 Å². The fourth-order valence-electron chi connectivity index (χ4n) is 4.73. The van der Waals surface area contributed by atoms with E-state index in [2.05, 4.69) is 25.5 Å². The Hall–Kier alpha value is -3.74. The molecule has 2 aromatic rings. The smallest absolute Gasteiger partial charge is 0.404 e. The monoisotopic (exact) mass is 649 g/mol. The largest absolute Gasteiger partial charge is 0.573 e. The van der Waals surface area contributed by atoms with Gasteiger partial charge in [-0.05, 0) is 56.6 Å². The quantitative estimate of drug-likeness (QED) is 0.176. The average Bonchev–Trinajstić information content (AvgIpc) is 3.61. The van der Waals surface area contributed by atoms with Gasteiger partial charge in [-0.15, -0.1) is 18.2 Å². The number of hydrogen-bond donors (Lipinski definition) is 2. The van der Waals surface area contributed by atoms with Gasteiger partial charge >= 0.3 is 12.5 Å². The fraction of sp³-hybridized carbons (Fsp3) is 0.385. The number of nitrogens with zero attached hydrogens (tertiary/aromatic N) is 5. The van der Waals surface area contributed by atoms with Gasteiger partial charge in [0, 0.05) is 12.1 Å². The van der Waals surface area contributed by atoms with Gasteiger partial charge in [-0.3, -0.25) is 4.79 Å². The van der Waals surface area contributed by atoms with Gasteiger partial charge in [0.05, 0.1) is 45.6 Å². The molecule has 0 aliphatic carbocycles. The van der Waals surface area contributed by atoms with Crippen LogP contribution in [0.2, 0.25) is 10.0 Å². The summed E-state index contributed by atoms with van der Waals surface area (Å²) in [4.78, 5) is 18.6. The molecular formula is C26H23Cl2F6N7O2. The summed E-state index contributed by atoms with van der Waals surface area (Å²) >= 11 is 12.3. The molecule has 17 heteroatoms. The SMILES string of the molecule is CCN(C(=O)[C@H]1CCCN1)C1CN(C(=NC#N)Nc2cc(C(F)(F)F)ccc2OC(F)(F)F)N=C1c1ccc(Cl)c(Cl)c1. The minimum absolute atomic E-state index is 0.163. The van der Waals surface area contributed by atoms with Crippen molar-refractivity contribution >= 4 is 46.5 Å². The minimum atomic E-state index is -5.24. The highest BCUT2D eigenvalue weighted by atomic mass is 35.5. The summed E-state index contributed by atoms with van der Waals surface area (Å²) in [7, 11) is 0. The van der Waals surface area contributed by atoms with E-state index < -0.39 is 47.6 Å². The molecule has 2 aliphatic rings. The summed E-state index contributed by atoms with van der Waals surface area (Å²) in [5, 5.41) is 20.8. The van der Waals surface area contributed by atoms with Crippen molar-refractivity contribution in [2.45, 2.75) is 44.4 Å². The molecule has 1 amide bonds. The molecule has 0 saturated carbocycles. The van der Waals surface area contributed by atoms with E-state index in [1.165, 1.54) is 23.2 Å². The molecule has 1 unspecified atom stereocenters. The molecule has 0 spiro atoms. The lowest BCUT2D eigenvalue weighted by molar-refractivity contribution is -0.274. The van der Waals surface area contributed by atoms with Crippen LogP contribution in [0.3, 0.4) is 0 Å². The highest BCUT2D eigenvalue weighted by Crippen LogP contribution is 2.37. The number of benzene rings is 2. The molecule has 2 aromatic carbocycles. The fourth-order valence-corrected chi connectivity index (χ4v) is 5.03. The molecule has 2 atom stereocenters. The van der Waals surface area contributed by atoms with Gasteiger partial charge in [-0.25, -0.2) is 5.01 Å². The summed E-state index contributed by atoms with van der Waals surface area (Å²) in [6.45, 7) is 2.46. The second-order valence-corrected chi connectivity index (χ2v) is 10.2. The minimum Gasteiger partial charge on any atom is -0.404 e. The van der Waals surface area contributed by atoms with Crippen molar-refractivity contribution < 1.29 is 35.9 Å². The van der Waals surface area contributed by atoms with Crippen LogP contribution >= 0.6 is 23.2 Å². The van der Waals surface area contributed by atoms with Crippen molar-refractivity contribution in [3.63, 3.8) is 0 Å². The van der Waals surface area contributed by atoms with Crippen LogP contribution in [0.25, 0.3) is 0 Å². The molecule has 1 fully saturated rings. The Morgan fingerprint density at radius 3 is 2.53 bits per heavy atom. The number of amides is 1. The van der Waals surface area contributed by atoms with Crippen LogP contribution in [0.4, 0.5) is 32.0 Å². The van der Waals surface area contributed by atoms with E-state index >= 15 is 0 Å². The molecular weight excluding hydrogens is 627 g/mol. The Kier molecular flexibility index (Phi) is 9.63. The normalized spacial score (nSPS) is 19.2. The summed E-state index contributed by atoms with van der Waals surface area (Å²) in [6.07, 6.45) is -7.28. The van der Waals surface area contributed by atoms with Crippen LogP contribution < -0.4 is 15.4 Å². The number of hydrazone groups is 1. The first-order valence-electron chi connectivity index (χ1n) is 12.8. The molecule has 0 aromatic heterocycles. The molecule has 2 aliphatic heterocycles. The van der Waals surface area contributed by atoms with E-state index in [-0.39, 0.29) is 34.8 Å². The number of likely N-dealkylation sites (N-methyl/N-ethyl adjacent to an activating group) is 1. The summed E-state index contributed by atoms with van der Waals surface area (Å²) in [5.41, 5.74) is -1.36. The number of rotatable bonds is 6. The zero-order chi connectivity index (χ0) is 31.5. The predicted molar refractivity (Wildman–Crippen MR) is 147 cm³/mol. The second kappa shape index (κ2) is 12.9.